The van der Waals surface area contributed by atoms with Gasteiger partial charge in [-0.3, -0.25) is 9.52 Å². The maximum atomic E-state index is 12.1. The summed E-state index contributed by atoms with van der Waals surface area (Å²) in [6, 6.07) is 11.8. The Kier molecular flexibility index (Phi) is 7.45. The van der Waals surface area contributed by atoms with Crippen molar-refractivity contribution in [3.63, 3.8) is 0 Å². The molecule has 8 heteroatoms. The number of sulfonamides is 1. The summed E-state index contributed by atoms with van der Waals surface area (Å²) in [6.07, 6.45) is 3.58. The van der Waals surface area contributed by atoms with Gasteiger partial charge in [0.15, 0.2) is 0 Å². The van der Waals surface area contributed by atoms with E-state index >= 15 is 0 Å². The van der Waals surface area contributed by atoms with Gasteiger partial charge in [-0.05, 0) is 54.5 Å². The van der Waals surface area contributed by atoms with Crippen LogP contribution in [0.3, 0.4) is 0 Å². The van der Waals surface area contributed by atoms with Crippen molar-refractivity contribution in [2.24, 2.45) is 0 Å². The van der Waals surface area contributed by atoms with Crippen LogP contribution in [0.25, 0.3) is 6.08 Å². The van der Waals surface area contributed by atoms with Crippen molar-refractivity contribution in [3.8, 4) is 11.5 Å². The summed E-state index contributed by atoms with van der Waals surface area (Å²) in [7, 11) is -0.227. The average Bonchev–Trinajstić information content (AvgIpc) is 2.67. The molecule has 0 saturated carbocycles. The second-order valence-corrected chi connectivity index (χ2v) is 7.81. The predicted octanol–water partition coefficient (Wildman–Crippen LogP) is 3.51. The Hall–Kier alpha value is -3.00. The van der Waals surface area contributed by atoms with Gasteiger partial charge in [0.25, 0.3) is 0 Å². The van der Waals surface area contributed by atoms with Gasteiger partial charge in [0.1, 0.15) is 11.5 Å². The van der Waals surface area contributed by atoms with Crippen LogP contribution in [0, 0.1) is 0 Å². The van der Waals surface area contributed by atoms with Crippen LogP contribution in [0.5, 0.6) is 11.5 Å². The van der Waals surface area contributed by atoms with Gasteiger partial charge in [-0.25, -0.2) is 8.42 Å². The fraction of sp³-hybridized carbons (Fsp3) is 0.250. The molecular formula is C20H24N2O5S. The molecule has 0 atom stereocenters. The normalized spacial score (nSPS) is 11.2. The lowest BCUT2D eigenvalue weighted by atomic mass is 10.2. The highest BCUT2D eigenvalue weighted by molar-refractivity contribution is 7.92. The number of benzene rings is 2. The van der Waals surface area contributed by atoms with Crippen LogP contribution < -0.4 is 19.5 Å². The number of carbonyl (C=O) groups is 1. The molecule has 0 radical (unpaired) electrons. The van der Waals surface area contributed by atoms with E-state index in [-0.39, 0.29) is 11.7 Å². The lowest BCUT2D eigenvalue weighted by Gasteiger charge is -2.08. The monoisotopic (exact) mass is 404 g/mol. The van der Waals surface area contributed by atoms with E-state index in [0.29, 0.717) is 29.3 Å². The third kappa shape index (κ3) is 6.62. The Labute approximate surface area is 165 Å². The van der Waals surface area contributed by atoms with Crippen LogP contribution in [-0.2, 0) is 14.8 Å². The Bertz CT molecular complexity index is 915. The summed E-state index contributed by atoms with van der Waals surface area (Å²) in [5.74, 6) is 0.993. The molecule has 0 fully saturated rings. The highest BCUT2D eigenvalue weighted by Gasteiger charge is 2.08. The van der Waals surface area contributed by atoms with Crippen molar-refractivity contribution in [2.75, 3.05) is 30.0 Å². The van der Waals surface area contributed by atoms with Crippen LogP contribution in [0.1, 0.15) is 18.9 Å². The van der Waals surface area contributed by atoms with Crippen LogP contribution in [0.15, 0.2) is 48.5 Å². The summed E-state index contributed by atoms with van der Waals surface area (Å²) in [6.45, 7) is 1.80. The maximum absolute atomic E-state index is 12.1. The molecule has 2 rings (SSSR count). The number of anilines is 2. The van der Waals surface area contributed by atoms with Crippen molar-refractivity contribution in [3.05, 3.63) is 54.1 Å². The van der Waals surface area contributed by atoms with Crippen molar-refractivity contribution in [1.29, 1.82) is 0 Å². The summed E-state index contributed by atoms with van der Waals surface area (Å²) >= 11 is 0. The zero-order valence-electron chi connectivity index (χ0n) is 16.1. The number of nitrogens with one attached hydrogen (secondary N) is 2. The van der Waals surface area contributed by atoms with Gasteiger partial charge in [0.05, 0.1) is 20.0 Å². The van der Waals surface area contributed by atoms with E-state index in [2.05, 4.69) is 10.0 Å². The Morgan fingerprint density at radius 1 is 1.00 bits per heavy atom. The molecule has 0 unspecified atom stereocenters. The van der Waals surface area contributed by atoms with Gasteiger partial charge in [-0.2, -0.15) is 0 Å². The lowest BCUT2D eigenvalue weighted by molar-refractivity contribution is -0.111. The number of hydrogen-bond acceptors (Lipinski definition) is 5. The molecule has 2 aromatic rings. The molecule has 28 heavy (non-hydrogen) atoms. The Morgan fingerprint density at radius 3 is 2.11 bits per heavy atom. The molecule has 0 bridgehead atoms. The molecule has 0 aliphatic heterocycles. The minimum atomic E-state index is -3.34. The van der Waals surface area contributed by atoms with Gasteiger partial charge in [0, 0.05) is 23.5 Å². The van der Waals surface area contributed by atoms with Crippen molar-refractivity contribution >= 4 is 33.4 Å². The highest BCUT2D eigenvalue weighted by Crippen LogP contribution is 2.23. The first-order valence-electron chi connectivity index (χ1n) is 8.68. The van der Waals surface area contributed by atoms with Crippen LogP contribution in [0.2, 0.25) is 0 Å². The fourth-order valence-corrected chi connectivity index (χ4v) is 3.54. The molecule has 0 saturated heterocycles. The third-order valence-corrected chi connectivity index (χ3v) is 5.19. The van der Waals surface area contributed by atoms with Crippen molar-refractivity contribution < 1.29 is 22.7 Å². The van der Waals surface area contributed by atoms with E-state index in [0.717, 1.165) is 5.56 Å². The Morgan fingerprint density at radius 2 is 1.57 bits per heavy atom. The van der Waals surface area contributed by atoms with Gasteiger partial charge in [-0.15, -0.1) is 0 Å². The summed E-state index contributed by atoms with van der Waals surface area (Å²) in [5.41, 5.74) is 1.76. The standard InChI is InChI=1S/C20H24N2O5S/c1-4-11-28(24,25)22-17-8-6-16(7-9-17)21-20(23)10-5-15-12-18(26-2)14-19(13-15)27-3/h5-10,12-14,22H,4,11H2,1-3H3,(H,21,23)/b10-5+. The Balaban J connectivity index is 2.00. The molecule has 0 aliphatic carbocycles. The van der Waals surface area contributed by atoms with Gasteiger partial charge in [0.2, 0.25) is 15.9 Å². The average molecular weight is 404 g/mol. The molecule has 0 heterocycles. The SMILES string of the molecule is CCCS(=O)(=O)Nc1ccc(NC(=O)/C=C/c2cc(OC)cc(OC)c2)cc1. The second-order valence-electron chi connectivity index (χ2n) is 5.97. The van der Waals surface area contributed by atoms with E-state index in [4.69, 9.17) is 9.47 Å². The molecule has 2 aromatic carbocycles. The van der Waals surface area contributed by atoms with E-state index in [1.165, 1.54) is 6.08 Å². The maximum Gasteiger partial charge on any atom is 0.248 e. The minimum absolute atomic E-state index is 0.0609. The number of amides is 1. The fourth-order valence-electron chi connectivity index (χ4n) is 2.40. The van der Waals surface area contributed by atoms with E-state index in [9.17, 15) is 13.2 Å². The van der Waals surface area contributed by atoms with Crippen LogP contribution >= 0.6 is 0 Å². The highest BCUT2D eigenvalue weighted by atomic mass is 32.2. The van der Waals surface area contributed by atoms with Crippen LogP contribution in [0.4, 0.5) is 11.4 Å². The zero-order valence-corrected chi connectivity index (χ0v) is 16.9. The molecule has 0 aromatic heterocycles. The van der Waals surface area contributed by atoms with E-state index < -0.39 is 10.0 Å². The molecule has 0 spiro atoms. The number of carbonyl (C=O) groups excluding carboxylic acids is 1. The van der Waals surface area contributed by atoms with Crippen molar-refractivity contribution in [2.45, 2.75) is 13.3 Å². The summed E-state index contributed by atoms with van der Waals surface area (Å²) in [5, 5.41) is 2.72. The summed E-state index contributed by atoms with van der Waals surface area (Å²) in [4.78, 5) is 12.1. The molecule has 150 valence electrons. The third-order valence-electron chi connectivity index (χ3n) is 3.70. The van der Waals surface area contributed by atoms with E-state index in [1.54, 1.807) is 69.7 Å². The lowest BCUT2D eigenvalue weighted by Crippen LogP contribution is -2.16. The zero-order chi connectivity index (χ0) is 20.6. The van der Waals surface area contributed by atoms with Crippen molar-refractivity contribution in [1.82, 2.24) is 0 Å². The molecule has 0 aliphatic rings. The van der Waals surface area contributed by atoms with Gasteiger partial charge < -0.3 is 14.8 Å². The predicted molar refractivity (Wildman–Crippen MR) is 111 cm³/mol. The van der Waals surface area contributed by atoms with Crippen LogP contribution in [-0.4, -0.2) is 34.3 Å². The number of hydrogen-bond donors (Lipinski definition) is 2. The van der Waals surface area contributed by atoms with Gasteiger partial charge in [-0.1, -0.05) is 6.92 Å². The molecule has 1 amide bonds. The first-order valence-corrected chi connectivity index (χ1v) is 10.3. The molecule has 7 nitrogen and oxygen atoms in total. The first kappa shape index (κ1) is 21.3. The topological polar surface area (TPSA) is 93.7 Å². The largest absolute Gasteiger partial charge is 0.497 e. The number of rotatable bonds is 9. The van der Waals surface area contributed by atoms with E-state index in [1.807, 2.05) is 0 Å². The quantitative estimate of drug-likeness (QED) is 0.624. The first-order chi connectivity index (χ1) is 13.3. The summed E-state index contributed by atoms with van der Waals surface area (Å²) < 4.78 is 36.4. The second kappa shape index (κ2) is 9.80. The van der Waals surface area contributed by atoms with Gasteiger partial charge >= 0.3 is 0 Å². The number of ether oxygens (including phenoxy) is 2. The molecular weight excluding hydrogens is 380 g/mol. The molecule has 2 N–H and O–H groups in total. The number of methoxy groups -OCH3 is 2. The minimum Gasteiger partial charge on any atom is -0.497 e. The smallest absolute Gasteiger partial charge is 0.248 e.